The third-order valence-corrected chi connectivity index (χ3v) is 4.66. The summed E-state index contributed by atoms with van der Waals surface area (Å²) < 4.78 is 0. The van der Waals surface area contributed by atoms with Gasteiger partial charge < -0.3 is 4.90 Å². The van der Waals surface area contributed by atoms with Crippen molar-refractivity contribution in [3.05, 3.63) is 28.5 Å². The normalized spacial score (nSPS) is 19.8. The number of aromatic nitrogens is 1. The van der Waals surface area contributed by atoms with Crippen LogP contribution in [0.2, 0.25) is 5.15 Å². The highest BCUT2D eigenvalue weighted by Crippen LogP contribution is 2.22. The van der Waals surface area contributed by atoms with E-state index in [4.69, 9.17) is 11.6 Å². The standard InChI is InChI=1S/C14H19ClN2OS/c1-9(2)12-6-11(7-13(15)16-12)14(18)17-4-5-19-8-10(17)3/h6-7,9-10H,4-5,8H2,1-3H3. The van der Waals surface area contributed by atoms with Crippen LogP contribution >= 0.6 is 23.4 Å². The van der Waals surface area contributed by atoms with E-state index in [2.05, 4.69) is 11.9 Å². The SMILES string of the molecule is CC(C)c1cc(C(=O)N2CCSCC2C)cc(Cl)n1. The maximum absolute atomic E-state index is 12.6. The van der Waals surface area contributed by atoms with E-state index in [1.165, 1.54) is 0 Å². The number of hydrogen-bond acceptors (Lipinski definition) is 3. The first-order valence-corrected chi connectivity index (χ1v) is 8.08. The van der Waals surface area contributed by atoms with Crippen molar-refractivity contribution in [3.63, 3.8) is 0 Å². The molecule has 0 bridgehead atoms. The molecule has 1 aliphatic heterocycles. The molecule has 1 amide bonds. The van der Waals surface area contributed by atoms with Gasteiger partial charge >= 0.3 is 0 Å². The molecule has 1 saturated heterocycles. The molecule has 0 aromatic carbocycles. The minimum Gasteiger partial charge on any atom is -0.334 e. The fourth-order valence-corrected chi connectivity index (χ4v) is 3.36. The topological polar surface area (TPSA) is 33.2 Å². The lowest BCUT2D eigenvalue weighted by molar-refractivity contribution is 0.0715. The molecule has 19 heavy (non-hydrogen) atoms. The Hall–Kier alpha value is -0.740. The summed E-state index contributed by atoms with van der Waals surface area (Å²) in [5.41, 5.74) is 1.53. The van der Waals surface area contributed by atoms with E-state index < -0.39 is 0 Å². The van der Waals surface area contributed by atoms with Gasteiger partial charge in [0.2, 0.25) is 0 Å². The largest absolute Gasteiger partial charge is 0.334 e. The highest BCUT2D eigenvalue weighted by molar-refractivity contribution is 7.99. The Morgan fingerprint density at radius 1 is 1.53 bits per heavy atom. The number of thioether (sulfide) groups is 1. The van der Waals surface area contributed by atoms with Gasteiger partial charge in [0.15, 0.2) is 0 Å². The van der Waals surface area contributed by atoms with Crippen LogP contribution in [0.15, 0.2) is 12.1 Å². The summed E-state index contributed by atoms with van der Waals surface area (Å²) in [6.07, 6.45) is 0. The second-order valence-electron chi connectivity index (χ2n) is 5.18. The minimum absolute atomic E-state index is 0.0685. The molecule has 1 aromatic rings. The fourth-order valence-electron chi connectivity index (χ4n) is 2.13. The van der Waals surface area contributed by atoms with Crippen molar-refractivity contribution >= 4 is 29.3 Å². The summed E-state index contributed by atoms with van der Waals surface area (Å²) in [5.74, 6) is 2.34. The molecule has 1 atom stereocenters. The van der Waals surface area contributed by atoms with Gasteiger partial charge in [-0.05, 0) is 25.0 Å². The summed E-state index contributed by atoms with van der Waals surface area (Å²) in [4.78, 5) is 18.8. The summed E-state index contributed by atoms with van der Waals surface area (Å²) in [6, 6.07) is 3.82. The third-order valence-electron chi connectivity index (χ3n) is 3.28. The van der Waals surface area contributed by atoms with Crippen molar-refractivity contribution in [1.82, 2.24) is 9.88 Å². The molecule has 1 aromatic heterocycles. The Bertz CT molecular complexity index is 479. The molecule has 104 valence electrons. The van der Waals surface area contributed by atoms with E-state index in [1.807, 2.05) is 36.6 Å². The molecule has 5 heteroatoms. The average molecular weight is 299 g/mol. The van der Waals surface area contributed by atoms with E-state index in [-0.39, 0.29) is 17.9 Å². The second kappa shape index (κ2) is 6.14. The molecule has 0 N–H and O–H groups in total. The van der Waals surface area contributed by atoms with Gasteiger partial charge in [-0.25, -0.2) is 4.98 Å². The van der Waals surface area contributed by atoms with Gasteiger partial charge in [0.1, 0.15) is 5.15 Å². The monoisotopic (exact) mass is 298 g/mol. The molecule has 0 saturated carbocycles. The van der Waals surface area contributed by atoms with Crippen molar-refractivity contribution in [2.45, 2.75) is 32.7 Å². The van der Waals surface area contributed by atoms with Gasteiger partial charge in [-0.3, -0.25) is 4.79 Å². The smallest absolute Gasteiger partial charge is 0.254 e. The lowest BCUT2D eigenvalue weighted by Gasteiger charge is -2.33. The third kappa shape index (κ3) is 3.42. The van der Waals surface area contributed by atoms with Crippen molar-refractivity contribution < 1.29 is 4.79 Å². The second-order valence-corrected chi connectivity index (χ2v) is 6.72. The van der Waals surface area contributed by atoms with E-state index in [0.29, 0.717) is 10.7 Å². The molecular weight excluding hydrogens is 280 g/mol. The summed E-state index contributed by atoms with van der Waals surface area (Å²) in [7, 11) is 0. The van der Waals surface area contributed by atoms with Gasteiger partial charge in [0.25, 0.3) is 5.91 Å². The number of hydrogen-bond donors (Lipinski definition) is 0. The maximum Gasteiger partial charge on any atom is 0.254 e. The summed E-state index contributed by atoms with van der Waals surface area (Å²) in [6.45, 7) is 7.00. The van der Waals surface area contributed by atoms with Crippen molar-refractivity contribution in [3.8, 4) is 0 Å². The first kappa shape index (κ1) is 14.7. The molecule has 1 fully saturated rings. The van der Waals surface area contributed by atoms with Crippen LogP contribution in [-0.2, 0) is 0 Å². The van der Waals surface area contributed by atoms with Crippen LogP contribution in [0.25, 0.3) is 0 Å². The highest BCUT2D eigenvalue weighted by Gasteiger charge is 2.25. The molecule has 2 heterocycles. The zero-order valence-corrected chi connectivity index (χ0v) is 13.1. The molecular formula is C14H19ClN2OS. The number of pyridine rings is 1. The van der Waals surface area contributed by atoms with Crippen LogP contribution in [0.3, 0.4) is 0 Å². The van der Waals surface area contributed by atoms with Gasteiger partial charge in [-0.2, -0.15) is 11.8 Å². The van der Waals surface area contributed by atoms with Gasteiger partial charge in [-0.1, -0.05) is 25.4 Å². The highest BCUT2D eigenvalue weighted by atomic mass is 35.5. The van der Waals surface area contributed by atoms with Crippen LogP contribution in [0, 0.1) is 0 Å². The maximum atomic E-state index is 12.6. The number of amides is 1. The average Bonchev–Trinajstić information content (AvgIpc) is 2.37. The number of carbonyl (C=O) groups excluding carboxylic acids is 1. The first-order chi connectivity index (χ1) is 8.99. The van der Waals surface area contributed by atoms with Crippen molar-refractivity contribution in [2.24, 2.45) is 0 Å². The van der Waals surface area contributed by atoms with Crippen LogP contribution in [0.4, 0.5) is 0 Å². The lowest BCUT2D eigenvalue weighted by atomic mass is 10.1. The lowest BCUT2D eigenvalue weighted by Crippen LogP contribution is -2.44. The number of carbonyl (C=O) groups is 1. The zero-order chi connectivity index (χ0) is 14.0. The number of nitrogens with zero attached hydrogens (tertiary/aromatic N) is 2. The molecule has 2 rings (SSSR count). The Labute approximate surface area is 123 Å². The first-order valence-electron chi connectivity index (χ1n) is 6.55. The molecule has 0 spiro atoms. The van der Waals surface area contributed by atoms with Crippen LogP contribution in [-0.4, -0.2) is 39.9 Å². The van der Waals surface area contributed by atoms with Gasteiger partial charge in [0.05, 0.1) is 0 Å². The number of rotatable bonds is 2. The van der Waals surface area contributed by atoms with Crippen molar-refractivity contribution in [2.75, 3.05) is 18.1 Å². The van der Waals surface area contributed by atoms with Gasteiger partial charge in [-0.15, -0.1) is 0 Å². The van der Waals surface area contributed by atoms with E-state index in [0.717, 1.165) is 23.7 Å². The number of halogens is 1. The van der Waals surface area contributed by atoms with Crippen molar-refractivity contribution in [1.29, 1.82) is 0 Å². The molecule has 0 aliphatic carbocycles. The van der Waals surface area contributed by atoms with E-state index in [1.54, 1.807) is 6.07 Å². The molecule has 0 radical (unpaired) electrons. The Morgan fingerprint density at radius 2 is 2.26 bits per heavy atom. The van der Waals surface area contributed by atoms with Crippen LogP contribution < -0.4 is 0 Å². The Morgan fingerprint density at radius 3 is 2.89 bits per heavy atom. The molecule has 1 unspecified atom stereocenters. The Kier molecular flexibility index (Phi) is 4.74. The van der Waals surface area contributed by atoms with Gasteiger partial charge in [0, 0.05) is 35.3 Å². The van der Waals surface area contributed by atoms with E-state index in [9.17, 15) is 4.79 Å². The molecule has 1 aliphatic rings. The fraction of sp³-hybridized carbons (Fsp3) is 0.571. The summed E-state index contributed by atoms with van der Waals surface area (Å²) >= 11 is 7.93. The quantitative estimate of drug-likeness (QED) is 0.784. The zero-order valence-electron chi connectivity index (χ0n) is 11.5. The summed E-state index contributed by atoms with van der Waals surface area (Å²) in [5, 5.41) is 0.397. The Balaban J connectivity index is 2.27. The predicted octanol–water partition coefficient (Wildman–Crippen LogP) is 3.44. The van der Waals surface area contributed by atoms with Crippen LogP contribution in [0.5, 0.6) is 0 Å². The molecule has 3 nitrogen and oxygen atoms in total. The predicted molar refractivity (Wildman–Crippen MR) is 81.2 cm³/mol. The van der Waals surface area contributed by atoms with Crippen LogP contribution in [0.1, 0.15) is 42.7 Å². The minimum atomic E-state index is 0.0685. The van der Waals surface area contributed by atoms with E-state index >= 15 is 0 Å².